The molecule has 0 aliphatic carbocycles. The largest absolute Gasteiger partial charge is 0.332 e. The standard InChI is InChI=1S/C20H14Cl2N2OS/c21-17-11-10-16(12-18(17)22)23-20(26)24-19(25)15-8-6-14(7-9-15)13-4-2-1-3-5-13/h1-12H,(H2,23,24,25,26). The van der Waals surface area contributed by atoms with Crippen LogP contribution >= 0.6 is 35.4 Å². The van der Waals surface area contributed by atoms with Gasteiger partial charge in [-0.25, -0.2) is 0 Å². The summed E-state index contributed by atoms with van der Waals surface area (Å²) in [5.74, 6) is -0.290. The van der Waals surface area contributed by atoms with Gasteiger partial charge in [0.2, 0.25) is 0 Å². The Hall–Kier alpha value is -2.40. The van der Waals surface area contributed by atoms with Crippen LogP contribution in [0.15, 0.2) is 72.8 Å². The zero-order valence-electron chi connectivity index (χ0n) is 13.5. The van der Waals surface area contributed by atoms with Crippen molar-refractivity contribution >= 4 is 52.1 Å². The van der Waals surface area contributed by atoms with Gasteiger partial charge in [-0.2, -0.15) is 0 Å². The fourth-order valence-corrected chi connectivity index (χ4v) is 2.86. The highest BCUT2D eigenvalue weighted by molar-refractivity contribution is 7.80. The van der Waals surface area contributed by atoms with Gasteiger partial charge in [-0.3, -0.25) is 10.1 Å². The number of hydrogen-bond acceptors (Lipinski definition) is 2. The van der Waals surface area contributed by atoms with E-state index in [1.165, 1.54) is 0 Å². The van der Waals surface area contributed by atoms with Crippen LogP contribution in [0.3, 0.4) is 0 Å². The van der Waals surface area contributed by atoms with Crippen LogP contribution in [0.1, 0.15) is 10.4 Å². The van der Waals surface area contributed by atoms with Crippen molar-refractivity contribution in [2.75, 3.05) is 5.32 Å². The zero-order chi connectivity index (χ0) is 18.5. The number of carbonyl (C=O) groups is 1. The smallest absolute Gasteiger partial charge is 0.257 e. The molecule has 0 aromatic heterocycles. The van der Waals surface area contributed by atoms with Crippen molar-refractivity contribution in [3.8, 4) is 11.1 Å². The molecule has 0 bridgehead atoms. The van der Waals surface area contributed by atoms with E-state index in [2.05, 4.69) is 10.6 Å². The maximum atomic E-state index is 12.3. The Morgan fingerprint density at radius 3 is 2.12 bits per heavy atom. The molecule has 3 rings (SSSR count). The molecule has 1 amide bonds. The lowest BCUT2D eigenvalue weighted by molar-refractivity contribution is 0.0978. The molecule has 0 aliphatic heterocycles. The van der Waals surface area contributed by atoms with Gasteiger partial charge in [0.15, 0.2) is 5.11 Å². The monoisotopic (exact) mass is 400 g/mol. The molecule has 0 radical (unpaired) electrons. The topological polar surface area (TPSA) is 41.1 Å². The first-order valence-corrected chi connectivity index (χ1v) is 8.92. The zero-order valence-corrected chi connectivity index (χ0v) is 15.8. The van der Waals surface area contributed by atoms with Gasteiger partial charge in [0.05, 0.1) is 10.0 Å². The number of thiocarbonyl (C=S) groups is 1. The molecule has 2 N–H and O–H groups in total. The molecule has 0 unspecified atom stereocenters. The quantitative estimate of drug-likeness (QED) is 0.546. The lowest BCUT2D eigenvalue weighted by Gasteiger charge is -2.10. The molecule has 130 valence electrons. The Morgan fingerprint density at radius 1 is 0.808 bits per heavy atom. The average molecular weight is 401 g/mol. The maximum Gasteiger partial charge on any atom is 0.257 e. The van der Waals surface area contributed by atoms with Crippen molar-refractivity contribution in [2.24, 2.45) is 0 Å². The number of amides is 1. The molecule has 0 fully saturated rings. The van der Waals surface area contributed by atoms with E-state index in [-0.39, 0.29) is 11.0 Å². The summed E-state index contributed by atoms with van der Waals surface area (Å²) < 4.78 is 0. The van der Waals surface area contributed by atoms with Crippen LogP contribution in [0.4, 0.5) is 5.69 Å². The van der Waals surface area contributed by atoms with Crippen LogP contribution in [0.5, 0.6) is 0 Å². The van der Waals surface area contributed by atoms with Crippen LogP contribution in [0.2, 0.25) is 10.0 Å². The summed E-state index contributed by atoms with van der Waals surface area (Å²) in [6, 6.07) is 22.3. The van der Waals surface area contributed by atoms with Gasteiger partial charge < -0.3 is 5.32 Å². The van der Waals surface area contributed by atoms with Crippen LogP contribution < -0.4 is 10.6 Å². The van der Waals surface area contributed by atoms with E-state index >= 15 is 0 Å². The minimum atomic E-state index is -0.290. The van der Waals surface area contributed by atoms with Gasteiger partial charge in [0.25, 0.3) is 5.91 Å². The van der Waals surface area contributed by atoms with Crippen molar-refractivity contribution < 1.29 is 4.79 Å². The molecule has 0 aliphatic rings. The minimum Gasteiger partial charge on any atom is -0.332 e. The van der Waals surface area contributed by atoms with Gasteiger partial charge in [0, 0.05) is 11.3 Å². The fourth-order valence-electron chi connectivity index (χ4n) is 2.36. The first-order valence-electron chi connectivity index (χ1n) is 7.76. The highest BCUT2D eigenvalue weighted by atomic mass is 35.5. The molecule has 3 aromatic carbocycles. The van der Waals surface area contributed by atoms with E-state index in [0.29, 0.717) is 21.3 Å². The Labute approximate surface area is 167 Å². The van der Waals surface area contributed by atoms with Gasteiger partial charge in [-0.15, -0.1) is 0 Å². The third-order valence-corrected chi connectivity index (χ3v) is 4.60. The van der Waals surface area contributed by atoms with Crippen LogP contribution in [-0.4, -0.2) is 11.0 Å². The van der Waals surface area contributed by atoms with Crippen LogP contribution in [0.25, 0.3) is 11.1 Å². The number of rotatable bonds is 3. The summed E-state index contributed by atoms with van der Waals surface area (Å²) in [7, 11) is 0. The van der Waals surface area contributed by atoms with E-state index in [4.69, 9.17) is 35.4 Å². The number of nitrogens with one attached hydrogen (secondary N) is 2. The SMILES string of the molecule is O=C(NC(=S)Nc1ccc(Cl)c(Cl)c1)c1ccc(-c2ccccc2)cc1. The number of hydrogen-bond donors (Lipinski definition) is 2. The Morgan fingerprint density at radius 2 is 1.46 bits per heavy atom. The van der Waals surface area contributed by atoms with E-state index in [0.717, 1.165) is 11.1 Å². The predicted molar refractivity (Wildman–Crippen MR) is 112 cm³/mol. The molecule has 0 heterocycles. The summed E-state index contributed by atoms with van der Waals surface area (Å²) in [5, 5.41) is 6.58. The molecule has 3 aromatic rings. The lowest BCUT2D eigenvalue weighted by atomic mass is 10.0. The first-order chi connectivity index (χ1) is 12.5. The van der Waals surface area contributed by atoms with Gasteiger partial charge in [-0.05, 0) is 53.7 Å². The number of carbonyl (C=O) groups excluding carboxylic acids is 1. The second kappa shape index (κ2) is 8.32. The Kier molecular flexibility index (Phi) is 5.89. The van der Waals surface area contributed by atoms with Gasteiger partial charge >= 0.3 is 0 Å². The second-order valence-electron chi connectivity index (χ2n) is 5.48. The first kappa shape index (κ1) is 18.4. The number of benzene rings is 3. The summed E-state index contributed by atoms with van der Waals surface area (Å²) in [6.45, 7) is 0. The van der Waals surface area contributed by atoms with Crippen molar-refractivity contribution in [3.63, 3.8) is 0 Å². The molecular formula is C20H14Cl2N2OS. The second-order valence-corrected chi connectivity index (χ2v) is 6.70. The molecule has 0 saturated carbocycles. The Bertz CT molecular complexity index is 944. The highest BCUT2D eigenvalue weighted by Gasteiger charge is 2.09. The van der Waals surface area contributed by atoms with E-state index in [1.54, 1.807) is 30.3 Å². The van der Waals surface area contributed by atoms with Crippen molar-refractivity contribution in [3.05, 3.63) is 88.4 Å². The summed E-state index contributed by atoms with van der Waals surface area (Å²) in [6.07, 6.45) is 0. The molecule has 6 heteroatoms. The maximum absolute atomic E-state index is 12.3. The molecular weight excluding hydrogens is 387 g/mol. The molecule has 26 heavy (non-hydrogen) atoms. The molecule has 0 atom stereocenters. The van der Waals surface area contributed by atoms with E-state index in [1.807, 2.05) is 42.5 Å². The van der Waals surface area contributed by atoms with Gasteiger partial charge in [0.1, 0.15) is 0 Å². The molecule has 3 nitrogen and oxygen atoms in total. The summed E-state index contributed by atoms with van der Waals surface area (Å²) in [5.41, 5.74) is 3.29. The minimum absolute atomic E-state index is 0.181. The van der Waals surface area contributed by atoms with Crippen molar-refractivity contribution in [1.82, 2.24) is 5.32 Å². The lowest BCUT2D eigenvalue weighted by Crippen LogP contribution is -2.34. The van der Waals surface area contributed by atoms with E-state index in [9.17, 15) is 4.79 Å². The number of anilines is 1. The highest BCUT2D eigenvalue weighted by Crippen LogP contribution is 2.25. The van der Waals surface area contributed by atoms with Crippen LogP contribution in [-0.2, 0) is 0 Å². The Balaban J connectivity index is 1.64. The van der Waals surface area contributed by atoms with Crippen LogP contribution in [0, 0.1) is 0 Å². The van der Waals surface area contributed by atoms with Gasteiger partial charge in [-0.1, -0.05) is 65.7 Å². The summed E-state index contributed by atoms with van der Waals surface area (Å²) >= 11 is 17.0. The average Bonchev–Trinajstić information content (AvgIpc) is 2.65. The van der Waals surface area contributed by atoms with Crippen molar-refractivity contribution in [1.29, 1.82) is 0 Å². The number of halogens is 2. The summed E-state index contributed by atoms with van der Waals surface area (Å²) in [4.78, 5) is 12.3. The van der Waals surface area contributed by atoms with Crippen molar-refractivity contribution in [2.45, 2.75) is 0 Å². The molecule has 0 spiro atoms. The predicted octanol–water partition coefficient (Wildman–Crippen LogP) is 5.79. The normalized spacial score (nSPS) is 10.2. The third-order valence-electron chi connectivity index (χ3n) is 3.66. The molecule has 0 saturated heterocycles. The van der Waals surface area contributed by atoms with E-state index < -0.39 is 0 Å². The fraction of sp³-hybridized carbons (Fsp3) is 0. The third kappa shape index (κ3) is 4.61.